The minimum absolute atomic E-state index is 0.0682. The zero-order valence-corrected chi connectivity index (χ0v) is 22.7. The molecule has 0 radical (unpaired) electrons. The van der Waals surface area contributed by atoms with Gasteiger partial charge in [0, 0.05) is 5.56 Å². The molecule has 1 aliphatic heterocycles. The van der Waals surface area contributed by atoms with Gasteiger partial charge in [-0.25, -0.2) is 4.99 Å². The van der Waals surface area contributed by atoms with E-state index in [-0.39, 0.29) is 11.6 Å². The van der Waals surface area contributed by atoms with Crippen LogP contribution in [0, 0.1) is 0 Å². The zero-order chi connectivity index (χ0) is 26.9. The molecule has 0 unspecified atom stereocenters. The summed E-state index contributed by atoms with van der Waals surface area (Å²) < 4.78 is 19.3. The molecule has 0 saturated carbocycles. The molecule has 0 saturated heterocycles. The topological polar surface area (TPSA) is 62.0 Å². The van der Waals surface area contributed by atoms with Crippen LogP contribution in [0.1, 0.15) is 34.7 Å². The van der Waals surface area contributed by atoms with Crippen LogP contribution in [0.15, 0.2) is 94.7 Å². The normalized spacial score (nSPS) is 16.1. The molecule has 1 atom stereocenters. The van der Waals surface area contributed by atoms with Crippen molar-refractivity contribution < 1.29 is 14.2 Å². The molecular formula is C32H28N2O4S. The van der Waals surface area contributed by atoms with Gasteiger partial charge in [-0.1, -0.05) is 66.5 Å². The summed E-state index contributed by atoms with van der Waals surface area (Å²) in [5.41, 5.74) is 6.29. The van der Waals surface area contributed by atoms with E-state index in [0.29, 0.717) is 27.4 Å². The van der Waals surface area contributed by atoms with Crippen LogP contribution in [0.2, 0.25) is 0 Å². The van der Waals surface area contributed by atoms with E-state index in [1.54, 1.807) is 20.3 Å². The SMILES string of the molecule is C=CCOc1cccc(/C=c2/sc3n(c2=O)[C@@H](c2ccc(OC)c(OC)c2)C2=C(N=3)c3ccccc3CC2)c1. The highest BCUT2D eigenvalue weighted by atomic mass is 32.1. The van der Waals surface area contributed by atoms with Gasteiger partial charge >= 0.3 is 0 Å². The minimum Gasteiger partial charge on any atom is -0.493 e. The highest BCUT2D eigenvalue weighted by Crippen LogP contribution is 2.42. The van der Waals surface area contributed by atoms with Crippen molar-refractivity contribution in [3.05, 3.63) is 127 Å². The van der Waals surface area contributed by atoms with Crippen molar-refractivity contribution in [2.45, 2.75) is 18.9 Å². The lowest BCUT2D eigenvalue weighted by Gasteiger charge is -2.31. The summed E-state index contributed by atoms with van der Waals surface area (Å²) in [6.45, 7) is 4.13. The summed E-state index contributed by atoms with van der Waals surface area (Å²) in [5, 5.41) is 0. The molecule has 6 rings (SSSR count). The standard InChI is InChI=1S/C32H28N2O4S/c1-4-16-38-23-10-7-8-20(17-23)18-28-31(35)34-30(22-13-15-26(36-2)27(19-22)37-3)25-14-12-21-9-5-6-11-24(21)29(25)33-32(34)39-28/h4-11,13,15,17-19,30H,1,12,14,16H2,2-3H3/b28-18+/t30-/m0/s1. The van der Waals surface area contributed by atoms with Gasteiger partial charge in [0.05, 0.1) is 30.5 Å². The third kappa shape index (κ3) is 4.49. The lowest BCUT2D eigenvalue weighted by atomic mass is 9.83. The van der Waals surface area contributed by atoms with Gasteiger partial charge in [0.2, 0.25) is 0 Å². The number of benzene rings is 3. The fraction of sp³-hybridized carbons (Fsp3) is 0.188. The number of nitrogens with zero attached hydrogens (tertiary/aromatic N) is 2. The number of allylic oxidation sites excluding steroid dienone is 1. The molecule has 1 aromatic heterocycles. The van der Waals surface area contributed by atoms with Crippen molar-refractivity contribution >= 4 is 23.1 Å². The molecule has 0 fully saturated rings. The van der Waals surface area contributed by atoms with Crippen molar-refractivity contribution in [1.82, 2.24) is 4.57 Å². The number of methoxy groups -OCH3 is 2. The first-order valence-electron chi connectivity index (χ1n) is 12.8. The van der Waals surface area contributed by atoms with Crippen LogP contribution in [-0.2, 0) is 6.42 Å². The van der Waals surface area contributed by atoms with Crippen LogP contribution in [0.5, 0.6) is 17.2 Å². The van der Waals surface area contributed by atoms with Gasteiger partial charge in [0.15, 0.2) is 16.3 Å². The van der Waals surface area contributed by atoms with Crippen molar-refractivity contribution in [2.75, 3.05) is 20.8 Å². The molecule has 7 heteroatoms. The first kappa shape index (κ1) is 24.9. The summed E-state index contributed by atoms with van der Waals surface area (Å²) in [5.74, 6) is 2.01. The zero-order valence-electron chi connectivity index (χ0n) is 21.8. The van der Waals surface area contributed by atoms with Crippen LogP contribution in [0.3, 0.4) is 0 Å². The molecule has 39 heavy (non-hydrogen) atoms. The molecule has 0 amide bonds. The van der Waals surface area contributed by atoms with Crippen molar-refractivity contribution in [3.8, 4) is 17.2 Å². The first-order valence-corrected chi connectivity index (χ1v) is 13.6. The Hall–Kier alpha value is -4.36. The van der Waals surface area contributed by atoms with Crippen LogP contribution < -0.4 is 29.1 Å². The van der Waals surface area contributed by atoms with Crippen LogP contribution in [0.25, 0.3) is 11.8 Å². The van der Waals surface area contributed by atoms with Crippen LogP contribution in [-0.4, -0.2) is 25.4 Å². The van der Waals surface area contributed by atoms with E-state index < -0.39 is 0 Å². The Balaban J connectivity index is 1.56. The van der Waals surface area contributed by atoms with Crippen LogP contribution >= 0.6 is 11.3 Å². The Morgan fingerprint density at radius 2 is 1.87 bits per heavy atom. The fourth-order valence-electron chi connectivity index (χ4n) is 5.35. The smallest absolute Gasteiger partial charge is 0.271 e. The van der Waals surface area contributed by atoms with Crippen molar-refractivity contribution in [1.29, 1.82) is 0 Å². The summed E-state index contributed by atoms with van der Waals surface area (Å²) in [4.78, 5) is 19.8. The molecule has 4 aromatic rings. The Morgan fingerprint density at radius 1 is 1.03 bits per heavy atom. The fourth-order valence-corrected chi connectivity index (χ4v) is 6.35. The summed E-state index contributed by atoms with van der Waals surface area (Å²) in [6.07, 6.45) is 5.34. The van der Waals surface area contributed by atoms with Crippen LogP contribution in [0.4, 0.5) is 0 Å². The maximum absolute atomic E-state index is 14.0. The molecule has 2 heterocycles. The molecular weight excluding hydrogens is 508 g/mol. The minimum atomic E-state index is -0.297. The maximum atomic E-state index is 14.0. The van der Waals surface area contributed by atoms with E-state index in [0.717, 1.165) is 46.6 Å². The third-order valence-corrected chi connectivity index (χ3v) is 8.10. The highest BCUT2D eigenvalue weighted by molar-refractivity contribution is 7.07. The molecule has 196 valence electrons. The molecule has 1 aliphatic carbocycles. The van der Waals surface area contributed by atoms with Gasteiger partial charge in [-0.3, -0.25) is 9.36 Å². The molecule has 0 spiro atoms. The van der Waals surface area contributed by atoms with Gasteiger partial charge in [0.1, 0.15) is 12.4 Å². The summed E-state index contributed by atoms with van der Waals surface area (Å²) in [6, 6.07) is 21.7. The van der Waals surface area contributed by atoms with Gasteiger partial charge < -0.3 is 14.2 Å². The monoisotopic (exact) mass is 536 g/mol. The van der Waals surface area contributed by atoms with E-state index >= 15 is 0 Å². The van der Waals surface area contributed by atoms with E-state index in [4.69, 9.17) is 19.2 Å². The number of aromatic nitrogens is 1. The molecule has 3 aromatic carbocycles. The average molecular weight is 537 g/mol. The maximum Gasteiger partial charge on any atom is 0.271 e. The number of ether oxygens (including phenoxy) is 3. The Morgan fingerprint density at radius 3 is 2.69 bits per heavy atom. The molecule has 2 aliphatic rings. The number of hydrogen-bond acceptors (Lipinski definition) is 6. The number of rotatable bonds is 7. The van der Waals surface area contributed by atoms with E-state index in [1.165, 1.54) is 16.9 Å². The lowest BCUT2D eigenvalue weighted by molar-refractivity contribution is 0.354. The largest absolute Gasteiger partial charge is 0.493 e. The number of aryl methyl sites for hydroxylation is 1. The second-order valence-electron chi connectivity index (χ2n) is 9.40. The number of fused-ring (bicyclic) bond motifs is 3. The predicted octanol–water partition coefficient (Wildman–Crippen LogP) is 4.90. The van der Waals surface area contributed by atoms with Gasteiger partial charge in [0.25, 0.3) is 5.56 Å². The molecule has 0 bridgehead atoms. The second-order valence-corrected chi connectivity index (χ2v) is 10.4. The number of thiazole rings is 1. The van der Waals surface area contributed by atoms with E-state index in [2.05, 4.69) is 24.8 Å². The Kier molecular flexibility index (Phi) is 6.67. The van der Waals surface area contributed by atoms with Gasteiger partial charge in [-0.2, -0.15) is 0 Å². The second kappa shape index (κ2) is 10.4. The lowest BCUT2D eigenvalue weighted by Crippen LogP contribution is -2.38. The predicted molar refractivity (Wildman–Crippen MR) is 154 cm³/mol. The van der Waals surface area contributed by atoms with E-state index in [9.17, 15) is 4.79 Å². The third-order valence-electron chi connectivity index (χ3n) is 7.12. The Labute approximate surface area is 230 Å². The highest BCUT2D eigenvalue weighted by Gasteiger charge is 2.33. The quantitative estimate of drug-likeness (QED) is 0.315. The van der Waals surface area contributed by atoms with Gasteiger partial charge in [-0.15, -0.1) is 0 Å². The summed E-state index contributed by atoms with van der Waals surface area (Å²) >= 11 is 1.41. The first-order chi connectivity index (χ1) is 19.1. The van der Waals surface area contributed by atoms with Crippen molar-refractivity contribution in [3.63, 3.8) is 0 Å². The Bertz CT molecular complexity index is 1800. The van der Waals surface area contributed by atoms with Crippen molar-refractivity contribution in [2.24, 2.45) is 4.99 Å². The molecule has 6 nitrogen and oxygen atoms in total. The number of hydrogen-bond donors (Lipinski definition) is 0. The summed E-state index contributed by atoms with van der Waals surface area (Å²) in [7, 11) is 3.25. The van der Waals surface area contributed by atoms with E-state index in [1.807, 2.05) is 59.2 Å². The molecule has 0 N–H and O–H groups in total. The average Bonchev–Trinajstić information content (AvgIpc) is 3.28. The van der Waals surface area contributed by atoms with Gasteiger partial charge in [-0.05, 0) is 65.4 Å².